The van der Waals surface area contributed by atoms with Gasteiger partial charge in [-0.15, -0.1) is 0 Å². The van der Waals surface area contributed by atoms with E-state index in [9.17, 15) is 9.18 Å². The van der Waals surface area contributed by atoms with E-state index in [1.165, 1.54) is 24.5 Å². The molecule has 1 N–H and O–H groups in total. The maximum atomic E-state index is 12.9. The maximum Gasteiger partial charge on any atom is 0.260 e. The Kier molecular flexibility index (Phi) is 3.28. The zero-order chi connectivity index (χ0) is 12.4. The highest BCUT2D eigenvalue weighted by Gasteiger charge is 2.13. The minimum Gasteiger partial charge on any atom is -0.457 e. The van der Waals surface area contributed by atoms with Crippen LogP contribution in [0.2, 0.25) is 0 Å². The van der Waals surface area contributed by atoms with E-state index in [2.05, 4.69) is 21.2 Å². The minimum absolute atomic E-state index is 0.305. The SMILES string of the molecule is Cc1cc(F)ccc1NC(=O)c1ccoc1Br. The fourth-order valence-corrected chi connectivity index (χ4v) is 1.83. The third kappa shape index (κ3) is 2.55. The van der Waals surface area contributed by atoms with Crippen molar-refractivity contribution in [2.45, 2.75) is 6.92 Å². The number of carbonyl (C=O) groups excluding carboxylic acids is 1. The standard InChI is InChI=1S/C12H9BrFNO2/c1-7-6-8(14)2-3-10(7)15-12(16)9-4-5-17-11(9)13/h2-6H,1H3,(H,15,16). The summed E-state index contributed by atoms with van der Waals surface area (Å²) in [5.74, 6) is -0.634. The predicted molar refractivity (Wildman–Crippen MR) is 65.5 cm³/mol. The van der Waals surface area contributed by atoms with E-state index < -0.39 is 0 Å². The average molecular weight is 298 g/mol. The number of anilines is 1. The van der Waals surface area contributed by atoms with E-state index in [1.807, 2.05) is 0 Å². The summed E-state index contributed by atoms with van der Waals surface area (Å²) in [7, 11) is 0. The van der Waals surface area contributed by atoms with E-state index in [-0.39, 0.29) is 11.7 Å². The van der Waals surface area contributed by atoms with Crippen LogP contribution < -0.4 is 5.32 Å². The van der Waals surface area contributed by atoms with Crippen molar-refractivity contribution in [2.75, 3.05) is 5.32 Å². The predicted octanol–water partition coefficient (Wildman–Crippen LogP) is 3.74. The quantitative estimate of drug-likeness (QED) is 0.917. The summed E-state index contributed by atoms with van der Waals surface area (Å²) in [5.41, 5.74) is 1.64. The smallest absolute Gasteiger partial charge is 0.260 e. The molecular formula is C12H9BrFNO2. The fourth-order valence-electron chi connectivity index (χ4n) is 1.41. The van der Waals surface area contributed by atoms with Crippen molar-refractivity contribution >= 4 is 27.5 Å². The molecule has 1 aromatic heterocycles. The lowest BCUT2D eigenvalue weighted by Gasteiger charge is -2.07. The summed E-state index contributed by atoms with van der Waals surface area (Å²) < 4.78 is 18.2. The lowest BCUT2D eigenvalue weighted by Crippen LogP contribution is -2.12. The largest absolute Gasteiger partial charge is 0.457 e. The topological polar surface area (TPSA) is 42.2 Å². The third-order valence-corrected chi connectivity index (χ3v) is 2.91. The van der Waals surface area contributed by atoms with Crippen molar-refractivity contribution < 1.29 is 13.6 Å². The van der Waals surface area contributed by atoms with Gasteiger partial charge in [0.25, 0.3) is 5.91 Å². The molecule has 1 amide bonds. The van der Waals surface area contributed by atoms with E-state index in [0.717, 1.165) is 0 Å². The molecule has 2 rings (SSSR count). The van der Waals surface area contributed by atoms with Crippen LogP contribution in [0.5, 0.6) is 0 Å². The average Bonchev–Trinajstić information content (AvgIpc) is 2.68. The molecule has 0 saturated carbocycles. The van der Waals surface area contributed by atoms with Crippen LogP contribution in [0.25, 0.3) is 0 Å². The Hall–Kier alpha value is -1.62. The van der Waals surface area contributed by atoms with E-state index >= 15 is 0 Å². The molecule has 0 aliphatic carbocycles. The second kappa shape index (κ2) is 4.71. The molecule has 0 spiro atoms. The first-order valence-electron chi connectivity index (χ1n) is 4.88. The normalized spacial score (nSPS) is 10.3. The summed E-state index contributed by atoms with van der Waals surface area (Å²) in [6, 6.07) is 5.74. The zero-order valence-corrected chi connectivity index (χ0v) is 10.5. The molecular weight excluding hydrogens is 289 g/mol. The van der Waals surface area contributed by atoms with Gasteiger partial charge in [0, 0.05) is 5.69 Å². The Bertz CT molecular complexity index is 565. The first kappa shape index (κ1) is 11.9. The van der Waals surface area contributed by atoms with Crippen molar-refractivity contribution in [1.82, 2.24) is 0 Å². The molecule has 0 fully saturated rings. The molecule has 17 heavy (non-hydrogen) atoms. The molecule has 0 saturated heterocycles. The van der Waals surface area contributed by atoms with Gasteiger partial charge in [-0.3, -0.25) is 4.79 Å². The molecule has 0 aliphatic heterocycles. The summed E-state index contributed by atoms with van der Waals surface area (Å²) in [5, 5.41) is 2.69. The Labute approximate surface area is 106 Å². The Morgan fingerprint density at radius 3 is 2.76 bits per heavy atom. The summed E-state index contributed by atoms with van der Waals surface area (Å²) in [6.07, 6.45) is 1.41. The van der Waals surface area contributed by atoms with Crippen LogP contribution in [-0.4, -0.2) is 5.91 Å². The van der Waals surface area contributed by atoms with Gasteiger partial charge in [0.15, 0.2) is 4.67 Å². The molecule has 0 radical (unpaired) electrons. The molecule has 0 unspecified atom stereocenters. The number of aryl methyl sites for hydroxylation is 1. The minimum atomic E-state index is -0.329. The second-order valence-corrected chi connectivity index (χ2v) is 4.24. The van der Waals surface area contributed by atoms with E-state index in [0.29, 0.717) is 21.5 Å². The van der Waals surface area contributed by atoms with Crippen LogP contribution in [0.1, 0.15) is 15.9 Å². The van der Waals surface area contributed by atoms with Crippen molar-refractivity contribution in [3.63, 3.8) is 0 Å². The van der Waals surface area contributed by atoms with Crippen molar-refractivity contribution in [3.8, 4) is 0 Å². The number of hydrogen-bond acceptors (Lipinski definition) is 2. The lowest BCUT2D eigenvalue weighted by atomic mass is 10.2. The van der Waals surface area contributed by atoms with Gasteiger partial charge in [-0.2, -0.15) is 0 Å². The van der Waals surface area contributed by atoms with Gasteiger partial charge in [0.2, 0.25) is 0 Å². The third-order valence-electron chi connectivity index (χ3n) is 2.30. The van der Waals surface area contributed by atoms with Gasteiger partial charge in [-0.25, -0.2) is 4.39 Å². The van der Waals surface area contributed by atoms with Crippen LogP contribution >= 0.6 is 15.9 Å². The van der Waals surface area contributed by atoms with Crippen LogP contribution in [0.3, 0.4) is 0 Å². The van der Waals surface area contributed by atoms with Crippen LogP contribution in [0.15, 0.2) is 39.6 Å². The first-order valence-corrected chi connectivity index (χ1v) is 5.67. The van der Waals surface area contributed by atoms with E-state index in [1.54, 1.807) is 13.0 Å². The fraction of sp³-hybridized carbons (Fsp3) is 0.0833. The Morgan fingerprint density at radius 1 is 1.41 bits per heavy atom. The molecule has 88 valence electrons. The number of rotatable bonds is 2. The highest BCUT2D eigenvalue weighted by Crippen LogP contribution is 2.21. The highest BCUT2D eigenvalue weighted by molar-refractivity contribution is 9.10. The molecule has 1 aromatic carbocycles. The van der Waals surface area contributed by atoms with Gasteiger partial charge in [-0.05, 0) is 52.7 Å². The van der Waals surface area contributed by atoms with Gasteiger partial charge in [-0.1, -0.05) is 0 Å². The van der Waals surface area contributed by atoms with Gasteiger partial charge in [0.05, 0.1) is 11.8 Å². The van der Waals surface area contributed by atoms with Gasteiger partial charge >= 0.3 is 0 Å². The number of nitrogens with one attached hydrogen (secondary N) is 1. The summed E-state index contributed by atoms with van der Waals surface area (Å²) in [4.78, 5) is 11.8. The number of amides is 1. The second-order valence-electron chi connectivity index (χ2n) is 3.52. The number of furan rings is 1. The first-order chi connectivity index (χ1) is 8.08. The Morgan fingerprint density at radius 2 is 2.18 bits per heavy atom. The van der Waals surface area contributed by atoms with Crippen LogP contribution in [0, 0.1) is 12.7 Å². The van der Waals surface area contributed by atoms with Gasteiger partial charge < -0.3 is 9.73 Å². The molecule has 0 atom stereocenters. The monoisotopic (exact) mass is 297 g/mol. The number of carbonyl (C=O) groups is 1. The Balaban J connectivity index is 2.22. The van der Waals surface area contributed by atoms with Gasteiger partial charge in [0.1, 0.15) is 5.82 Å². The maximum absolute atomic E-state index is 12.9. The van der Waals surface area contributed by atoms with Crippen molar-refractivity contribution in [3.05, 3.63) is 52.1 Å². The highest BCUT2D eigenvalue weighted by atomic mass is 79.9. The molecule has 5 heteroatoms. The zero-order valence-electron chi connectivity index (χ0n) is 8.96. The van der Waals surface area contributed by atoms with Crippen LogP contribution in [-0.2, 0) is 0 Å². The summed E-state index contributed by atoms with van der Waals surface area (Å²) >= 11 is 3.12. The van der Waals surface area contributed by atoms with Crippen LogP contribution in [0.4, 0.5) is 10.1 Å². The van der Waals surface area contributed by atoms with E-state index in [4.69, 9.17) is 4.42 Å². The van der Waals surface area contributed by atoms with Crippen molar-refractivity contribution in [2.24, 2.45) is 0 Å². The lowest BCUT2D eigenvalue weighted by molar-refractivity contribution is 0.102. The number of halogens is 2. The number of hydrogen-bond donors (Lipinski definition) is 1. The molecule has 2 aromatic rings. The molecule has 0 aliphatic rings. The summed E-state index contributed by atoms with van der Waals surface area (Å²) in [6.45, 7) is 1.73. The number of benzene rings is 1. The molecule has 1 heterocycles. The van der Waals surface area contributed by atoms with Crippen molar-refractivity contribution in [1.29, 1.82) is 0 Å². The molecule has 0 bridgehead atoms. The molecule has 3 nitrogen and oxygen atoms in total.